The van der Waals surface area contributed by atoms with Crippen LogP contribution in [0.3, 0.4) is 0 Å². The van der Waals surface area contributed by atoms with E-state index in [0.29, 0.717) is 0 Å². The molecular weight excluding hydrogens is 259 g/mol. The molecule has 7 heteroatoms. The number of allylic oxidation sites excluding steroid dienone is 1. The molecule has 0 amide bonds. The van der Waals surface area contributed by atoms with Crippen molar-refractivity contribution in [2.45, 2.75) is 13.8 Å². The van der Waals surface area contributed by atoms with E-state index in [4.69, 9.17) is 5.11 Å². The lowest BCUT2D eigenvalue weighted by molar-refractivity contribution is -0.132. The third-order valence-electron chi connectivity index (χ3n) is 2.47. The van der Waals surface area contributed by atoms with Gasteiger partial charge in [-0.05, 0) is 19.4 Å². The van der Waals surface area contributed by atoms with Gasteiger partial charge in [0.25, 0.3) is 0 Å². The fourth-order valence-electron chi connectivity index (χ4n) is 1.28. The number of hydrogen-bond donors (Lipinski definition) is 1. The van der Waals surface area contributed by atoms with Crippen molar-refractivity contribution in [3.05, 3.63) is 40.2 Å². The van der Waals surface area contributed by atoms with E-state index in [2.05, 4.69) is 0 Å². The lowest BCUT2D eigenvalue weighted by Crippen LogP contribution is -2.08. The molecule has 0 radical (unpaired) electrons. The molecule has 0 heterocycles. The lowest BCUT2D eigenvalue weighted by atomic mass is 10.0. The van der Waals surface area contributed by atoms with Crippen molar-refractivity contribution in [3.8, 4) is 0 Å². The van der Waals surface area contributed by atoms with E-state index < -0.39 is 51.8 Å². The average Bonchev–Trinajstić information content (AvgIpc) is 2.32. The zero-order valence-corrected chi connectivity index (χ0v) is 9.25. The van der Waals surface area contributed by atoms with Crippen molar-refractivity contribution < 1.29 is 31.9 Å². The number of halogens is 5. The molecule has 0 fully saturated rings. The summed E-state index contributed by atoms with van der Waals surface area (Å²) in [6.45, 7) is 1.96. The summed E-state index contributed by atoms with van der Waals surface area (Å²) in [6, 6.07) is 0. The number of carboxylic acids is 1. The summed E-state index contributed by atoms with van der Waals surface area (Å²) in [5, 5.41) is 8.62. The molecule has 18 heavy (non-hydrogen) atoms. The third-order valence-corrected chi connectivity index (χ3v) is 2.47. The second-order valence-corrected chi connectivity index (χ2v) is 3.50. The van der Waals surface area contributed by atoms with Crippen LogP contribution in [-0.2, 0) is 4.79 Å². The topological polar surface area (TPSA) is 37.3 Å². The number of rotatable bonds is 2. The molecule has 98 valence electrons. The van der Waals surface area contributed by atoms with Crippen LogP contribution in [0.15, 0.2) is 5.57 Å². The number of benzene rings is 1. The lowest BCUT2D eigenvalue weighted by Gasteiger charge is -2.10. The molecular formula is C11H7F5O2. The van der Waals surface area contributed by atoms with E-state index in [1.807, 2.05) is 0 Å². The minimum Gasteiger partial charge on any atom is -0.478 e. The van der Waals surface area contributed by atoms with E-state index >= 15 is 0 Å². The van der Waals surface area contributed by atoms with Gasteiger partial charge >= 0.3 is 5.97 Å². The molecule has 0 spiro atoms. The first kappa shape index (κ1) is 14.1. The Hall–Kier alpha value is -1.92. The normalized spacial score (nSPS) is 12.4. The first-order valence-electron chi connectivity index (χ1n) is 4.62. The summed E-state index contributed by atoms with van der Waals surface area (Å²) >= 11 is 0. The highest BCUT2D eigenvalue weighted by Gasteiger charge is 2.27. The maximum Gasteiger partial charge on any atom is 0.331 e. The van der Waals surface area contributed by atoms with Crippen LogP contribution >= 0.6 is 0 Å². The van der Waals surface area contributed by atoms with Gasteiger partial charge in [-0.3, -0.25) is 0 Å². The molecule has 1 aromatic rings. The summed E-state index contributed by atoms with van der Waals surface area (Å²) in [7, 11) is 0. The van der Waals surface area contributed by atoms with Gasteiger partial charge in [0.2, 0.25) is 5.82 Å². The zero-order chi connectivity index (χ0) is 14.2. The van der Waals surface area contributed by atoms with E-state index in [0.717, 1.165) is 13.8 Å². The summed E-state index contributed by atoms with van der Waals surface area (Å²) in [5.74, 6) is -12.1. The van der Waals surface area contributed by atoms with Crippen molar-refractivity contribution in [1.29, 1.82) is 0 Å². The van der Waals surface area contributed by atoms with Crippen LogP contribution in [0.1, 0.15) is 19.4 Å². The molecule has 0 saturated heterocycles. The van der Waals surface area contributed by atoms with E-state index in [9.17, 15) is 26.7 Å². The molecule has 0 unspecified atom stereocenters. The molecule has 0 aliphatic rings. The monoisotopic (exact) mass is 266 g/mol. The van der Waals surface area contributed by atoms with E-state index in [1.165, 1.54) is 0 Å². The van der Waals surface area contributed by atoms with Gasteiger partial charge in [0.05, 0.1) is 5.56 Å². The zero-order valence-electron chi connectivity index (χ0n) is 9.25. The molecule has 0 aliphatic heterocycles. The van der Waals surface area contributed by atoms with Crippen molar-refractivity contribution in [1.82, 2.24) is 0 Å². The van der Waals surface area contributed by atoms with Crippen LogP contribution in [-0.4, -0.2) is 11.1 Å². The molecule has 2 nitrogen and oxygen atoms in total. The van der Waals surface area contributed by atoms with Crippen molar-refractivity contribution in [2.75, 3.05) is 0 Å². The van der Waals surface area contributed by atoms with Crippen molar-refractivity contribution in [3.63, 3.8) is 0 Å². The van der Waals surface area contributed by atoms with E-state index in [1.54, 1.807) is 0 Å². The van der Waals surface area contributed by atoms with Gasteiger partial charge in [-0.25, -0.2) is 26.7 Å². The molecule has 0 saturated carbocycles. The average molecular weight is 266 g/mol. The first-order valence-corrected chi connectivity index (χ1v) is 4.62. The Balaban J connectivity index is 3.73. The summed E-state index contributed by atoms with van der Waals surface area (Å²) in [6.07, 6.45) is 0. The van der Waals surface area contributed by atoms with Gasteiger partial charge in [-0.2, -0.15) is 0 Å². The molecule has 1 N–H and O–H groups in total. The fraction of sp³-hybridized carbons (Fsp3) is 0.182. The van der Waals surface area contributed by atoms with Crippen LogP contribution in [0.5, 0.6) is 0 Å². The standard InChI is InChI=1S/C11H7F5O2/c1-3(4(2)11(17)18)5-6(12)8(14)10(16)9(15)7(5)13/h1-2H3,(H,17,18)/b4-3+. The third kappa shape index (κ3) is 2.07. The molecule has 1 rings (SSSR count). The number of carboxylic acid groups (broad SMARTS) is 1. The molecule has 0 aromatic heterocycles. The van der Waals surface area contributed by atoms with Crippen LogP contribution in [0, 0.1) is 29.1 Å². The summed E-state index contributed by atoms with van der Waals surface area (Å²) in [5.41, 5.74) is -2.28. The minimum absolute atomic E-state index is 0.516. The molecule has 0 aliphatic carbocycles. The Morgan fingerprint density at radius 2 is 1.17 bits per heavy atom. The Labute approximate surface area is 98.3 Å². The predicted molar refractivity (Wildman–Crippen MR) is 52.1 cm³/mol. The molecule has 0 atom stereocenters. The SMILES string of the molecule is C/C(C(=O)O)=C(/C)c1c(F)c(F)c(F)c(F)c1F. The molecule has 0 bridgehead atoms. The summed E-state index contributed by atoms with van der Waals surface area (Å²) < 4.78 is 65.2. The van der Waals surface area contributed by atoms with Gasteiger partial charge in [0, 0.05) is 5.57 Å². The number of hydrogen-bond acceptors (Lipinski definition) is 1. The minimum atomic E-state index is -2.28. The Morgan fingerprint density at radius 1 is 0.833 bits per heavy atom. The quantitative estimate of drug-likeness (QED) is 0.386. The smallest absolute Gasteiger partial charge is 0.331 e. The maximum atomic E-state index is 13.3. The number of carbonyl (C=O) groups is 1. The van der Waals surface area contributed by atoms with Crippen LogP contribution in [0.2, 0.25) is 0 Å². The van der Waals surface area contributed by atoms with E-state index in [-0.39, 0.29) is 0 Å². The second-order valence-electron chi connectivity index (χ2n) is 3.50. The maximum absolute atomic E-state index is 13.3. The molecule has 1 aromatic carbocycles. The first-order chi connectivity index (χ1) is 8.20. The predicted octanol–water partition coefficient (Wildman–Crippen LogP) is 3.26. The van der Waals surface area contributed by atoms with Crippen LogP contribution < -0.4 is 0 Å². The Morgan fingerprint density at radius 3 is 1.50 bits per heavy atom. The van der Waals surface area contributed by atoms with Crippen molar-refractivity contribution >= 4 is 11.5 Å². The highest BCUT2D eigenvalue weighted by molar-refractivity contribution is 5.95. The van der Waals surface area contributed by atoms with Crippen LogP contribution in [0.4, 0.5) is 22.0 Å². The van der Waals surface area contributed by atoms with Gasteiger partial charge in [0.1, 0.15) is 0 Å². The van der Waals surface area contributed by atoms with Crippen LogP contribution in [0.25, 0.3) is 5.57 Å². The van der Waals surface area contributed by atoms with Crippen molar-refractivity contribution in [2.24, 2.45) is 0 Å². The fourth-order valence-corrected chi connectivity index (χ4v) is 1.28. The highest BCUT2D eigenvalue weighted by Crippen LogP contribution is 2.29. The van der Waals surface area contributed by atoms with Gasteiger partial charge in [-0.15, -0.1) is 0 Å². The van der Waals surface area contributed by atoms with Gasteiger partial charge in [0.15, 0.2) is 23.3 Å². The number of aliphatic carboxylic acids is 1. The Bertz CT molecular complexity index is 534. The Kier molecular flexibility index (Phi) is 3.73. The van der Waals surface area contributed by atoms with Gasteiger partial charge < -0.3 is 5.11 Å². The second kappa shape index (κ2) is 4.75. The summed E-state index contributed by atoms with van der Waals surface area (Å²) in [4.78, 5) is 10.6. The largest absolute Gasteiger partial charge is 0.478 e. The van der Waals surface area contributed by atoms with Gasteiger partial charge in [-0.1, -0.05) is 0 Å². The highest BCUT2D eigenvalue weighted by atomic mass is 19.2.